The van der Waals surface area contributed by atoms with E-state index in [2.05, 4.69) is 45.1 Å². The number of hydrogen-bond donors (Lipinski definition) is 1. The van der Waals surface area contributed by atoms with Gasteiger partial charge in [-0.1, -0.05) is 13.8 Å². The Hall–Kier alpha value is -1.22. The standard InChI is InChI=1S/C17H27NO2/c1-6-17(4)15(11-16(17)20-7-2)18-13-8-9-14(19-5)12(3)10-13/h8-10,15-16,18H,6-7,11H2,1-5H3. The molecule has 1 aliphatic carbocycles. The number of ether oxygens (including phenoxy) is 2. The van der Waals surface area contributed by atoms with Gasteiger partial charge in [0.05, 0.1) is 13.2 Å². The predicted molar refractivity (Wildman–Crippen MR) is 83.6 cm³/mol. The van der Waals surface area contributed by atoms with Gasteiger partial charge in [-0.05, 0) is 50.5 Å². The van der Waals surface area contributed by atoms with Crippen LogP contribution in [-0.2, 0) is 4.74 Å². The third-order valence-electron chi connectivity index (χ3n) is 4.85. The van der Waals surface area contributed by atoms with Gasteiger partial charge in [0.25, 0.3) is 0 Å². The maximum Gasteiger partial charge on any atom is 0.121 e. The number of aryl methyl sites for hydroxylation is 1. The zero-order valence-electron chi connectivity index (χ0n) is 13.3. The minimum Gasteiger partial charge on any atom is -0.496 e. The number of nitrogens with one attached hydrogen (secondary N) is 1. The van der Waals surface area contributed by atoms with Crippen molar-refractivity contribution in [3.05, 3.63) is 23.8 Å². The maximum atomic E-state index is 5.85. The van der Waals surface area contributed by atoms with Gasteiger partial charge >= 0.3 is 0 Å². The van der Waals surface area contributed by atoms with Crippen molar-refractivity contribution in [1.29, 1.82) is 0 Å². The van der Waals surface area contributed by atoms with Crippen molar-refractivity contribution in [3.8, 4) is 5.75 Å². The molecule has 3 heteroatoms. The van der Waals surface area contributed by atoms with E-state index in [1.165, 1.54) is 5.69 Å². The van der Waals surface area contributed by atoms with Crippen LogP contribution in [0.1, 0.15) is 39.2 Å². The summed E-state index contributed by atoms with van der Waals surface area (Å²) >= 11 is 0. The van der Waals surface area contributed by atoms with E-state index in [0.29, 0.717) is 12.1 Å². The molecule has 20 heavy (non-hydrogen) atoms. The molecule has 1 N–H and O–H groups in total. The molecule has 1 fully saturated rings. The van der Waals surface area contributed by atoms with E-state index < -0.39 is 0 Å². The SMILES string of the molecule is CCOC1CC(Nc2ccc(OC)c(C)c2)C1(C)CC. The van der Waals surface area contributed by atoms with Crippen LogP contribution in [0, 0.1) is 12.3 Å². The molecule has 2 rings (SSSR count). The second-order valence-electron chi connectivity index (χ2n) is 5.92. The molecule has 1 aliphatic rings. The molecule has 1 aromatic rings. The number of rotatable bonds is 6. The second-order valence-corrected chi connectivity index (χ2v) is 5.92. The molecule has 0 radical (unpaired) electrons. The summed E-state index contributed by atoms with van der Waals surface area (Å²) in [5.41, 5.74) is 2.56. The molecule has 0 spiro atoms. The van der Waals surface area contributed by atoms with E-state index in [4.69, 9.17) is 9.47 Å². The fourth-order valence-corrected chi connectivity index (χ4v) is 3.14. The van der Waals surface area contributed by atoms with E-state index in [0.717, 1.165) is 30.8 Å². The lowest BCUT2D eigenvalue weighted by Crippen LogP contribution is -2.59. The van der Waals surface area contributed by atoms with Crippen molar-refractivity contribution in [2.24, 2.45) is 5.41 Å². The van der Waals surface area contributed by atoms with Crippen LogP contribution in [0.4, 0.5) is 5.69 Å². The minimum absolute atomic E-state index is 0.226. The molecule has 0 aromatic heterocycles. The summed E-state index contributed by atoms with van der Waals surface area (Å²) in [6.07, 6.45) is 2.60. The van der Waals surface area contributed by atoms with Crippen LogP contribution in [0.15, 0.2) is 18.2 Å². The van der Waals surface area contributed by atoms with E-state index in [9.17, 15) is 0 Å². The Morgan fingerprint density at radius 1 is 1.35 bits per heavy atom. The lowest BCUT2D eigenvalue weighted by Gasteiger charge is -2.54. The van der Waals surface area contributed by atoms with Gasteiger partial charge in [-0.25, -0.2) is 0 Å². The molecule has 0 bridgehead atoms. The van der Waals surface area contributed by atoms with Crippen LogP contribution in [0.3, 0.4) is 0 Å². The van der Waals surface area contributed by atoms with E-state index in [-0.39, 0.29) is 5.41 Å². The van der Waals surface area contributed by atoms with Crippen molar-refractivity contribution >= 4 is 5.69 Å². The highest BCUT2D eigenvalue weighted by molar-refractivity contribution is 5.52. The summed E-state index contributed by atoms with van der Waals surface area (Å²) in [7, 11) is 1.71. The highest BCUT2D eigenvalue weighted by Crippen LogP contribution is 2.47. The zero-order valence-corrected chi connectivity index (χ0v) is 13.3. The van der Waals surface area contributed by atoms with Gasteiger partial charge in [0.15, 0.2) is 0 Å². The van der Waals surface area contributed by atoms with Crippen LogP contribution in [0.2, 0.25) is 0 Å². The Morgan fingerprint density at radius 2 is 2.10 bits per heavy atom. The Bertz CT molecular complexity index is 460. The second kappa shape index (κ2) is 6.04. The molecular formula is C17H27NO2. The molecule has 0 heterocycles. The van der Waals surface area contributed by atoms with Crippen LogP contribution < -0.4 is 10.1 Å². The average Bonchev–Trinajstić information content (AvgIpc) is 2.45. The van der Waals surface area contributed by atoms with Gasteiger partial charge in [0.1, 0.15) is 5.75 Å². The molecule has 1 aromatic carbocycles. The first-order valence-electron chi connectivity index (χ1n) is 7.58. The lowest BCUT2D eigenvalue weighted by atomic mass is 9.61. The van der Waals surface area contributed by atoms with Crippen LogP contribution in [0.25, 0.3) is 0 Å². The predicted octanol–water partition coefficient (Wildman–Crippen LogP) is 4.01. The van der Waals surface area contributed by atoms with Gasteiger partial charge in [-0.3, -0.25) is 0 Å². The molecule has 1 saturated carbocycles. The fraction of sp³-hybridized carbons (Fsp3) is 0.647. The molecule has 0 amide bonds. The average molecular weight is 277 g/mol. The van der Waals surface area contributed by atoms with Crippen molar-refractivity contribution in [1.82, 2.24) is 0 Å². The summed E-state index contributed by atoms with van der Waals surface area (Å²) in [4.78, 5) is 0. The van der Waals surface area contributed by atoms with Gasteiger partial charge in [-0.2, -0.15) is 0 Å². The van der Waals surface area contributed by atoms with Crippen molar-refractivity contribution in [3.63, 3.8) is 0 Å². The molecule has 3 nitrogen and oxygen atoms in total. The monoisotopic (exact) mass is 277 g/mol. The van der Waals surface area contributed by atoms with Crippen molar-refractivity contribution in [2.75, 3.05) is 19.0 Å². The number of anilines is 1. The van der Waals surface area contributed by atoms with Gasteiger partial charge < -0.3 is 14.8 Å². The fourth-order valence-electron chi connectivity index (χ4n) is 3.14. The Kier molecular flexibility index (Phi) is 4.59. The van der Waals surface area contributed by atoms with Crippen molar-refractivity contribution < 1.29 is 9.47 Å². The smallest absolute Gasteiger partial charge is 0.121 e. The normalized spacial score (nSPS) is 28.9. The van der Waals surface area contributed by atoms with E-state index >= 15 is 0 Å². The zero-order chi connectivity index (χ0) is 14.8. The molecule has 3 atom stereocenters. The quantitative estimate of drug-likeness (QED) is 0.852. The first-order chi connectivity index (χ1) is 9.55. The van der Waals surface area contributed by atoms with Crippen LogP contribution in [0.5, 0.6) is 5.75 Å². The van der Waals surface area contributed by atoms with E-state index in [1.807, 2.05) is 6.07 Å². The largest absolute Gasteiger partial charge is 0.496 e. The van der Waals surface area contributed by atoms with E-state index in [1.54, 1.807) is 7.11 Å². The Balaban J connectivity index is 2.05. The number of benzene rings is 1. The molecule has 3 unspecified atom stereocenters. The molecule has 0 saturated heterocycles. The highest BCUT2D eigenvalue weighted by Gasteiger charge is 2.51. The summed E-state index contributed by atoms with van der Waals surface area (Å²) in [5, 5.41) is 3.66. The third kappa shape index (κ3) is 2.64. The summed E-state index contributed by atoms with van der Waals surface area (Å²) in [6, 6.07) is 6.76. The number of methoxy groups -OCH3 is 1. The van der Waals surface area contributed by atoms with Crippen molar-refractivity contribution in [2.45, 2.75) is 52.7 Å². The molecule has 0 aliphatic heterocycles. The highest BCUT2D eigenvalue weighted by atomic mass is 16.5. The lowest BCUT2D eigenvalue weighted by molar-refractivity contribution is -0.109. The third-order valence-corrected chi connectivity index (χ3v) is 4.85. The van der Waals surface area contributed by atoms with Gasteiger partial charge in [0, 0.05) is 23.8 Å². The first kappa shape index (κ1) is 15.2. The summed E-state index contributed by atoms with van der Waals surface area (Å²) in [5.74, 6) is 0.939. The van der Waals surface area contributed by atoms with Crippen LogP contribution >= 0.6 is 0 Å². The van der Waals surface area contributed by atoms with Crippen LogP contribution in [-0.4, -0.2) is 25.9 Å². The number of hydrogen-bond acceptors (Lipinski definition) is 3. The topological polar surface area (TPSA) is 30.5 Å². The van der Waals surface area contributed by atoms with Gasteiger partial charge in [-0.15, -0.1) is 0 Å². The Morgan fingerprint density at radius 3 is 2.65 bits per heavy atom. The maximum absolute atomic E-state index is 5.85. The van der Waals surface area contributed by atoms with Gasteiger partial charge in [0.2, 0.25) is 0 Å². The molecule has 112 valence electrons. The summed E-state index contributed by atoms with van der Waals surface area (Å²) < 4.78 is 11.2. The minimum atomic E-state index is 0.226. The Labute approximate surface area is 122 Å². The molecular weight excluding hydrogens is 250 g/mol. The summed E-state index contributed by atoms with van der Waals surface area (Å²) in [6.45, 7) is 9.52. The first-order valence-corrected chi connectivity index (χ1v) is 7.58.